The van der Waals surface area contributed by atoms with E-state index < -0.39 is 0 Å². The third kappa shape index (κ3) is 11.0. The number of rotatable bonds is 2. The lowest BCUT2D eigenvalue weighted by Gasteiger charge is -2.29. The average molecular weight is 837 g/mol. The molecule has 9 aromatic carbocycles. The highest BCUT2D eigenvalue weighted by atomic mass is 16.3. The quantitative estimate of drug-likeness (QED) is 0.169. The summed E-state index contributed by atoms with van der Waals surface area (Å²) in [4.78, 5) is 0. The largest absolute Gasteiger partial charge is 0.456 e. The number of benzene rings is 9. The lowest BCUT2D eigenvalue weighted by Crippen LogP contribution is -2.22. The molecular formula is C63H64O. The van der Waals surface area contributed by atoms with Crippen LogP contribution in [0.5, 0.6) is 0 Å². The van der Waals surface area contributed by atoms with Crippen molar-refractivity contribution in [3.8, 4) is 11.1 Å². The molecule has 322 valence electrons. The van der Waals surface area contributed by atoms with Crippen LogP contribution in [0.2, 0.25) is 0 Å². The molecule has 0 N–H and O–H groups in total. The van der Waals surface area contributed by atoms with E-state index in [4.69, 9.17) is 4.42 Å². The van der Waals surface area contributed by atoms with Crippen LogP contribution in [0.4, 0.5) is 0 Å². The maximum Gasteiger partial charge on any atom is 0.135 e. The molecule has 0 fully saturated rings. The van der Waals surface area contributed by atoms with Gasteiger partial charge in [0.1, 0.15) is 11.2 Å². The number of aryl methyl sites for hydroxylation is 6. The Bertz CT molecular complexity index is 2940. The van der Waals surface area contributed by atoms with Gasteiger partial charge in [0.25, 0.3) is 0 Å². The Balaban J connectivity index is 0.000000149. The van der Waals surface area contributed by atoms with Crippen molar-refractivity contribution in [3.63, 3.8) is 0 Å². The normalized spacial score (nSPS) is 12.9. The Morgan fingerprint density at radius 1 is 0.391 bits per heavy atom. The van der Waals surface area contributed by atoms with Gasteiger partial charge < -0.3 is 4.42 Å². The van der Waals surface area contributed by atoms with E-state index in [2.05, 4.69) is 194 Å². The Hall–Kier alpha value is -6.96. The van der Waals surface area contributed by atoms with Gasteiger partial charge in [-0.2, -0.15) is 0 Å². The number of hydrogen-bond donors (Lipinski definition) is 0. The maximum atomic E-state index is 5.71. The molecule has 0 radical (unpaired) electrons. The fourth-order valence-corrected chi connectivity index (χ4v) is 8.38. The zero-order valence-corrected chi connectivity index (χ0v) is 39.3. The molecule has 0 bridgehead atoms. The van der Waals surface area contributed by atoms with E-state index in [1.165, 1.54) is 82.7 Å². The van der Waals surface area contributed by atoms with Gasteiger partial charge in [0.05, 0.1) is 0 Å². The molecule has 1 aromatic heterocycles. The van der Waals surface area contributed by atoms with Gasteiger partial charge in [-0.3, -0.25) is 0 Å². The van der Waals surface area contributed by atoms with Crippen molar-refractivity contribution in [1.82, 2.24) is 0 Å². The number of para-hydroxylation sites is 1. The first-order valence-electron chi connectivity index (χ1n) is 22.8. The van der Waals surface area contributed by atoms with Gasteiger partial charge in [-0.1, -0.05) is 237 Å². The minimum absolute atomic E-state index is 0.118. The Morgan fingerprint density at radius 2 is 0.859 bits per heavy atom. The summed E-state index contributed by atoms with van der Waals surface area (Å²) >= 11 is 0. The van der Waals surface area contributed by atoms with Crippen molar-refractivity contribution in [2.45, 2.75) is 74.1 Å². The summed E-state index contributed by atoms with van der Waals surface area (Å²) in [6, 6.07) is 74.5. The van der Waals surface area contributed by atoms with Crippen molar-refractivity contribution in [2.24, 2.45) is 0 Å². The molecule has 1 heterocycles. The second-order valence-corrected chi connectivity index (χ2v) is 16.4. The van der Waals surface area contributed by atoms with Gasteiger partial charge in [0.15, 0.2) is 0 Å². The van der Waals surface area contributed by atoms with Crippen LogP contribution in [-0.4, -0.2) is 0 Å². The molecule has 1 heteroatoms. The van der Waals surface area contributed by atoms with Gasteiger partial charge >= 0.3 is 0 Å². The number of hydrogen-bond acceptors (Lipinski definition) is 1. The fraction of sp³-hybridized carbons (Fsp3) is 0.175. The van der Waals surface area contributed by atoms with Crippen molar-refractivity contribution in [3.05, 3.63) is 262 Å². The molecule has 0 saturated heterocycles. The molecule has 11 rings (SSSR count). The van der Waals surface area contributed by atoms with E-state index in [1.54, 1.807) is 0 Å². The highest BCUT2D eigenvalue weighted by Crippen LogP contribution is 2.55. The SMILES string of the molecule is CC.CCc1ccccc1.Cc1ccc2c(c1)C(C)(c1ccccc1)c1cc(C)c3ccccc3c1-2.Cc1ccc2oc3ccccc3c2c1.Cc1ccccc1.Cc1ccccc1. The van der Waals surface area contributed by atoms with Crippen LogP contribution in [0.3, 0.4) is 0 Å². The van der Waals surface area contributed by atoms with Gasteiger partial charge in [-0.25, -0.2) is 0 Å². The van der Waals surface area contributed by atoms with E-state index in [0.29, 0.717) is 0 Å². The molecule has 10 aromatic rings. The lowest BCUT2D eigenvalue weighted by molar-refractivity contribution is 0.669. The van der Waals surface area contributed by atoms with Crippen LogP contribution in [0.15, 0.2) is 217 Å². The first-order valence-corrected chi connectivity index (χ1v) is 22.8. The summed E-state index contributed by atoms with van der Waals surface area (Å²) < 4.78 is 5.71. The molecule has 64 heavy (non-hydrogen) atoms. The van der Waals surface area contributed by atoms with E-state index in [0.717, 1.165) is 17.6 Å². The summed E-state index contributed by atoms with van der Waals surface area (Å²) in [5.41, 5.74) is 16.8. The molecule has 0 spiro atoms. The third-order valence-corrected chi connectivity index (χ3v) is 11.8. The summed E-state index contributed by atoms with van der Waals surface area (Å²) in [7, 11) is 0. The van der Waals surface area contributed by atoms with Crippen molar-refractivity contribution in [1.29, 1.82) is 0 Å². The monoisotopic (exact) mass is 836 g/mol. The first-order chi connectivity index (χ1) is 31.2. The van der Waals surface area contributed by atoms with Gasteiger partial charge in [0.2, 0.25) is 0 Å². The molecule has 0 amide bonds. The number of furan rings is 1. The van der Waals surface area contributed by atoms with Crippen molar-refractivity contribution < 1.29 is 4.42 Å². The molecule has 0 aliphatic heterocycles. The predicted octanol–water partition coefficient (Wildman–Crippen LogP) is 18.0. The average Bonchev–Trinajstić information content (AvgIpc) is 3.83. The van der Waals surface area contributed by atoms with Crippen LogP contribution < -0.4 is 0 Å². The van der Waals surface area contributed by atoms with Crippen LogP contribution >= 0.6 is 0 Å². The van der Waals surface area contributed by atoms with Gasteiger partial charge in [0, 0.05) is 16.2 Å². The first kappa shape index (κ1) is 46.5. The van der Waals surface area contributed by atoms with Crippen molar-refractivity contribution >= 4 is 32.7 Å². The van der Waals surface area contributed by atoms with E-state index in [9.17, 15) is 0 Å². The van der Waals surface area contributed by atoms with Gasteiger partial charge in [-0.15, -0.1) is 0 Å². The Kier molecular flexibility index (Phi) is 16.3. The van der Waals surface area contributed by atoms with Crippen LogP contribution in [0, 0.1) is 34.6 Å². The second-order valence-electron chi connectivity index (χ2n) is 16.4. The van der Waals surface area contributed by atoms with E-state index in [-0.39, 0.29) is 5.41 Å². The molecule has 1 aliphatic carbocycles. The third-order valence-electron chi connectivity index (χ3n) is 11.8. The summed E-state index contributed by atoms with van der Waals surface area (Å²) in [6.07, 6.45) is 1.14. The zero-order valence-electron chi connectivity index (χ0n) is 39.3. The summed E-state index contributed by atoms with van der Waals surface area (Å²) in [6.45, 7) is 19.2. The molecule has 0 saturated carbocycles. The summed E-state index contributed by atoms with van der Waals surface area (Å²) in [5.74, 6) is 0. The zero-order chi connectivity index (χ0) is 45.5. The highest BCUT2D eigenvalue weighted by Gasteiger charge is 2.41. The summed E-state index contributed by atoms with van der Waals surface area (Å²) in [5, 5.41) is 5.13. The highest BCUT2D eigenvalue weighted by molar-refractivity contribution is 6.05. The topological polar surface area (TPSA) is 13.1 Å². The standard InChI is InChI=1S/C26H22.C13H10O.C8H10.2C7H8.C2H6/c1-17-13-14-22-23(15-17)26(3,19-9-5-4-6-10-19)24-16-18(2)20-11-7-8-12-21(20)25(22)24;1-9-6-7-13-11(8-9)10-4-2-3-5-12(10)14-13;1-2-8-6-4-3-5-7-8;2*1-7-5-3-2-4-6-7;1-2/h4-16H,1-3H3;2-8H,1H3;3-7H,2H2,1H3;2*2-6H,1H3;1-2H3. The predicted molar refractivity (Wildman–Crippen MR) is 279 cm³/mol. The lowest BCUT2D eigenvalue weighted by atomic mass is 9.73. The number of fused-ring (bicyclic) bond motifs is 8. The maximum absolute atomic E-state index is 5.71. The molecular weight excluding hydrogens is 773 g/mol. The van der Waals surface area contributed by atoms with Crippen LogP contribution in [0.25, 0.3) is 43.8 Å². The molecule has 1 atom stereocenters. The molecule has 1 nitrogen and oxygen atoms in total. The molecule has 1 unspecified atom stereocenters. The minimum Gasteiger partial charge on any atom is -0.456 e. The minimum atomic E-state index is -0.118. The van der Waals surface area contributed by atoms with E-state index in [1.807, 2.05) is 80.6 Å². The Morgan fingerprint density at radius 3 is 1.41 bits per heavy atom. The second kappa shape index (κ2) is 22.4. The van der Waals surface area contributed by atoms with Crippen molar-refractivity contribution in [2.75, 3.05) is 0 Å². The molecule has 1 aliphatic rings. The van der Waals surface area contributed by atoms with Crippen LogP contribution in [0.1, 0.15) is 77.8 Å². The van der Waals surface area contributed by atoms with E-state index >= 15 is 0 Å². The Labute approximate surface area is 383 Å². The van der Waals surface area contributed by atoms with Crippen LogP contribution in [-0.2, 0) is 11.8 Å². The fourth-order valence-electron chi connectivity index (χ4n) is 8.38. The van der Waals surface area contributed by atoms with Gasteiger partial charge in [-0.05, 0) is 116 Å². The smallest absolute Gasteiger partial charge is 0.135 e.